The number of hydrogen-bond acceptors (Lipinski definition) is 4. The molecule has 2 aromatic carbocycles. The van der Waals surface area contributed by atoms with Crippen molar-refractivity contribution in [2.75, 3.05) is 27.3 Å². The lowest BCUT2D eigenvalue weighted by Crippen LogP contribution is -2.32. The third kappa shape index (κ3) is 5.53. The molecule has 0 radical (unpaired) electrons. The molecule has 0 saturated carbocycles. The molecule has 0 aliphatic carbocycles. The molecule has 1 N–H and O–H groups in total. The Morgan fingerprint density at radius 2 is 1.60 bits per heavy atom. The van der Waals surface area contributed by atoms with Gasteiger partial charge in [0, 0.05) is 7.05 Å². The average Bonchev–Trinajstić information content (AvgIpc) is 2.62. The number of likely N-dealkylation sites (N-methyl/N-ethyl adjacent to an activating group) is 1. The van der Waals surface area contributed by atoms with Crippen molar-refractivity contribution < 1.29 is 24.2 Å². The fraction of sp³-hybridized carbons (Fsp3) is 0.263. The van der Waals surface area contributed by atoms with Gasteiger partial charge in [-0.3, -0.25) is 4.79 Å². The lowest BCUT2D eigenvalue weighted by Gasteiger charge is -2.17. The SMILES string of the molecule is COc1ccc(OCCN(C)C(=O)Cc2ccc(C(=O)O)cc2)cc1. The van der Waals surface area contributed by atoms with Crippen molar-refractivity contribution in [2.24, 2.45) is 0 Å². The monoisotopic (exact) mass is 343 g/mol. The molecule has 0 aliphatic rings. The van der Waals surface area contributed by atoms with Gasteiger partial charge in [-0.05, 0) is 42.0 Å². The minimum absolute atomic E-state index is 0.0543. The van der Waals surface area contributed by atoms with Crippen LogP contribution in [0, 0.1) is 0 Å². The molecule has 0 unspecified atom stereocenters. The Morgan fingerprint density at radius 3 is 2.16 bits per heavy atom. The molecule has 6 heteroatoms. The first kappa shape index (κ1) is 18.3. The molecule has 1 amide bonds. The zero-order chi connectivity index (χ0) is 18.2. The largest absolute Gasteiger partial charge is 0.497 e. The Labute approximate surface area is 146 Å². The highest BCUT2D eigenvalue weighted by Crippen LogP contribution is 2.16. The second-order valence-electron chi connectivity index (χ2n) is 5.52. The maximum atomic E-state index is 12.2. The van der Waals surface area contributed by atoms with Gasteiger partial charge < -0.3 is 19.5 Å². The van der Waals surface area contributed by atoms with E-state index in [1.165, 1.54) is 12.1 Å². The maximum absolute atomic E-state index is 12.2. The molecule has 0 heterocycles. The van der Waals surface area contributed by atoms with Gasteiger partial charge in [0.15, 0.2) is 0 Å². The Balaban J connectivity index is 1.78. The van der Waals surface area contributed by atoms with E-state index < -0.39 is 5.97 Å². The lowest BCUT2D eigenvalue weighted by molar-refractivity contribution is -0.129. The zero-order valence-electron chi connectivity index (χ0n) is 14.3. The number of aromatic carboxylic acids is 1. The van der Waals surface area contributed by atoms with Gasteiger partial charge in [0.25, 0.3) is 0 Å². The van der Waals surface area contributed by atoms with Gasteiger partial charge in [-0.2, -0.15) is 0 Å². The van der Waals surface area contributed by atoms with Crippen molar-refractivity contribution in [3.63, 3.8) is 0 Å². The van der Waals surface area contributed by atoms with Crippen LogP contribution in [0.25, 0.3) is 0 Å². The standard InChI is InChI=1S/C19H21NO5/c1-20(11-12-25-17-9-7-16(24-2)8-10-17)18(21)13-14-3-5-15(6-4-14)19(22)23/h3-10H,11-13H2,1-2H3,(H,22,23). The number of amides is 1. The van der Waals surface area contributed by atoms with Crippen LogP contribution in [0.4, 0.5) is 0 Å². The molecule has 2 aromatic rings. The van der Waals surface area contributed by atoms with Crippen molar-refractivity contribution >= 4 is 11.9 Å². The van der Waals surface area contributed by atoms with Gasteiger partial charge in [0.1, 0.15) is 18.1 Å². The molecule has 0 saturated heterocycles. The normalized spacial score (nSPS) is 10.2. The van der Waals surface area contributed by atoms with Gasteiger partial charge >= 0.3 is 5.97 Å². The molecular weight excluding hydrogens is 322 g/mol. The summed E-state index contributed by atoms with van der Waals surface area (Å²) in [6.45, 7) is 0.838. The predicted molar refractivity (Wildman–Crippen MR) is 93.2 cm³/mol. The number of carboxylic acids is 1. The number of benzene rings is 2. The maximum Gasteiger partial charge on any atom is 0.335 e. The summed E-state index contributed by atoms with van der Waals surface area (Å²) in [5, 5.41) is 8.87. The molecule has 2 rings (SSSR count). The zero-order valence-corrected chi connectivity index (χ0v) is 14.3. The smallest absolute Gasteiger partial charge is 0.335 e. The Hall–Kier alpha value is -3.02. The van der Waals surface area contributed by atoms with Crippen molar-refractivity contribution in [3.8, 4) is 11.5 Å². The van der Waals surface area contributed by atoms with E-state index in [-0.39, 0.29) is 17.9 Å². The quantitative estimate of drug-likeness (QED) is 0.797. The van der Waals surface area contributed by atoms with Crippen LogP contribution in [-0.4, -0.2) is 49.2 Å². The third-order valence-electron chi connectivity index (χ3n) is 3.74. The van der Waals surface area contributed by atoms with Crippen LogP contribution in [0.1, 0.15) is 15.9 Å². The van der Waals surface area contributed by atoms with E-state index >= 15 is 0 Å². The van der Waals surface area contributed by atoms with E-state index in [1.807, 2.05) is 24.3 Å². The number of carbonyl (C=O) groups excluding carboxylic acids is 1. The first-order chi connectivity index (χ1) is 12.0. The summed E-state index contributed by atoms with van der Waals surface area (Å²) in [5.74, 6) is 0.437. The molecule has 0 aliphatic heterocycles. The lowest BCUT2D eigenvalue weighted by atomic mass is 10.1. The summed E-state index contributed by atoms with van der Waals surface area (Å²) in [6, 6.07) is 13.5. The highest BCUT2D eigenvalue weighted by Gasteiger charge is 2.10. The fourth-order valence-electron chi connectivity index (χ4n) is 2.17. The van der Waals surface area contributed by atoms with Crippen molar-refractivity contribution in [1.29, 1.82) is 0 Å². The van der Waals surface area contributed by atoms with Crippen LogP contribution in [0.2, 0.25) is 0 Å². The summed E-state index contributed by atoms with van der Waals surface area (Å²) in [4.78, 5) is 24.6. The van der Waals surface area contributed by atoms with Gasteiger partial charge in [-0.1, -0.05) is 12.1 Å². The van der Waals surface area contributed by atoms with Crippen LogP contribution in [-0.2, 0) is 11.2 Å². The van der Waals surface area contributed by atoms with Gasteiger partial charge in [-0.15, -0.1) is 0 Å². The van der Waals surface area contributed by atoms with Crippen LogP contribution in [0.3, 0.4) is 0 Å². The minimum Gasteiger partial charge on any atom is -0.497 e. The summed E-state index contributed by atoms with van der Waals surface area (Å²) >= 11 is 0. The molecule has 0 spiro atoms. The molecule has 0 bridgehead atoms. The van der Waals surface area contributed by atoms with Crippen molar-refractivity contribution in [2.45, 2.75) is 6.42 Å². The van der Waals surface area contributed by atoms with E-state index in [9.17, 15) is 9.59 Å². The van der Waals surface area contributed by atoms with Gasteiger partial charge in [-0.25, -0.2) is 4.79 Å². The number of carbonyl (C=O) groups is 2. The molecule has 132 valence electrons. The molecule has 0 atom stereocenters. The van der Waals surface area contributed by atoms with E-state index in [0.717, 1.165) is 11.3 Å². The number of rotatable bonds is 8. The summed E-state index contributed by atoms with van der Waals surface area (Å²) < 4.78 is 10.7. The highest BCUT2D eigenvalue weighted by atomic mass is 16.5. The Bertz CT molecular complexity index is 710. The van der Waals surface area contributed by atoms with Crippen LogP contribution >= 0.6 is 0 Å². The number of hydrogen-bond donors (Lipinski definition) is 1. The van der Waals surface area contributed by atoms with Crippen LogP contribution in [0.5, 0.6) is 11.5 Å². The Morgan fingerprint density at radius 1 is 1.00 bits per heavy atom. The van der Waals surface area contributed by atoms with Gasteiger partial charge in [0.2, 0.25) is 5.91 Å². The molecule has 25 heavy (non-hydrogen) atoms. The molecular formula is C19H21NO5. The summed E-state index contributed by atoms with van der Waals surface area (Å²) in [5.41, 5.74) is 0.982. The number of nitrogens with zero attached hydrogens (tertiary/aromatic N) is 1. The van der Waals surface area contributed by atoms with E-state index in [0.29, 0.717) is 18.9 Å². The van der Waals surface area contributed by atoms with E-state index in [1.54, 1.807) is 31.2 Å². The van der Waals surface area contributed by atoms with E-state index in [4.69, 9.17) is 14.6 Å². The summed E-state index contributed by atoms with van der Waals surface area (Å²) in [7, 11) is 3.32. The number of carboxylic acid groups (broad SMARTS) is 1. The Kier molecular flexibility index (Phi) is 6.39. The first-order valence-corrected chi connectivity index (χ1v) is 7.82. The highest BCUT2D eigenvalue weighted by molar-refractivity contribution is 5.87. The molecule has 6 nitrogen and oxygen atoms in total. The van der Waals surface area contributed by atoms with Crippen LogP contribution in [0.15, 0.2) is 48.5 Å². The van der Waals surface area contributed by atoms with Crippen molar-refractivity contribution in [3.05, 3.63) is 59.7 Å². The summed E-state index contributed by atoms with van der Waals surface area (Å²) in [6.07, 6.45) is 0.221. The average molecular weight is 343 g/mol. The molecule has 0 aromatic heterocycles. The van der Waals surface area contributed by atoms with Crippen molar-refractivity contribution in [1.82, 2.24) is 4.90 Å². The topological polar surface area (TPSA) is 76.1 Å². The third-order valence-corrected chi connectivity index (χ3v) is 3.74. The number of ether oxygens (including phenoxy) is 2. The second kappa shape index (κ2) is 8.73. The van der Waals surface area contributed by atoms with Gasteiger partial charge in [0.05, 0.1) is 25.6 Å². The minimum atomic E-state index is -0.981. The number of methoxy groups -OCH3 is 1. The first-order valence-electron chi connectivity index (χ1n) is 7.82. The van der Waals surface area contributed by atoms with Crippen LogP contribution < -0.4 is 9.47 Å². The predicted octanol–water partition coefficient (Wildman–Crippen LogP) is 2.47. The van der Waals surface area contributed by atoms with E-state index in [2.05, 4.69) is 0 Å². The fourth-order valence-corrected chi connectivity index (χ4v) is 2.17. The molecule has 0 fully saturated rings. The second-order valence-corrected chi connectivity index (χ2v) is 5.52.